The molecule has 0 aliphatic carbocycles. The van der Waals surface area contributed by atoms with Gasteiger partial charge in [0.15, 0.2) is 0 Å². The van der Waals surface area contributed by atoms with Crippen molar-refractivity contribution in [1.29, 1.82) is 0 Å². The van der Waals surface area contributed by atoms with E-state index < -0.39 is 5.97 Å². The third kappa shape index (κ3) is 3.31. The molecule has 1 aromatic heterocycles. The van der Waals surface area contributed by atoms with Crippen LogP contribution >= 0.6 is 23.1 Å². The Morgan fingerprint density at radius 3 is 3.00 bits per heavy atom. The van der Waals surface area contributed by atoms with Gasteiger partial charge in [0.25, 0.3) is 0 Å². The first-order valence-electron chi connectivity index (χ1n) is 4.41. The Balaban J connectivity index is 2.41. The van der Waals surface area contributed by atoms with Crippen LogP contribution in [0, 0.1) is 0 Å². The van der Waals surface area contributed by atoms with Gasteiger partial charge in [0.2, 0.25) is 0 Å². The van der Waals surface area contributed by atoms with E-state index in [0.717, 1.165) is 17.1 Å². The average Bonchev–Trinajstić information content (AvgIpc) is 2.61. The number of carbonyl (C=O) groups is 1. The molecule has 5 heteroatoms. The summed E-state index contributed by atoms with van der Waals surface area (Å²) >= 11 is 3.04. The van der Waals surface area contributed by atoms with E-state index in [1.54, 1.807) is 18.3 Å². The maximum atomic E-state index is 10.5. The number of rotatable bonds is 5. The summed E-state index contributed by atoms with van der Waals surface area (Å²) in [4.78, 5) is 14.9. The predicted molar refractivity (Wildman–Crippen MR) is 59.9 cm³/mol. The van der Waals surface area contributed by atoms with Crippen LogP contribution in [0.2, 0.25) is 0 Å². The summed E-state index contributed by atoms with van der Waals surface area (Å²) in [5, 5.41) is 11.4. The van der Waals surface area contributed by atoms with E-state index in [-0.39, 0.29) is 5.25 Å². The van der Waals surface area contributed by atoms with E-state index in [1.165, 1.54) is 11.8 Å². The fourth-order valence-electron chi connectivity index (χ4n) is 0.859. The molecule has 0 aliphatic rings. The molecule has 1 aromatic rings. The van der Waals surface area contributed by atoms with Crippen LogP contribution in [0.15, 0.2) is 5.38 Å². The van der Waals surface area contributed by atoms with Crippen molar-refractivity contribution >= 4 is 29.1 Å². The zero-order valence-electron chi connectivity index (χ0n) is 8.19. The van der Waals surface area contributed by atoms with Gasteiger partial charge < -0.3 is 5.11 Å². The van der Waals surface area contributed by atoms with Crippen LogP contribution in [-0.4, -0.2) is 21.3 Å². The van der Waals surface area contributed by atoms with Gasteiger partial charge in [-0.15, -0.1) is 23.1 Å². The number of nitrogens with zero attached hydrogens (tertiary/aromatic N) is 1. The van der Waals surface area contributed by atoms with Crippen LogP contribution in [0.4, 0.5) is 0 Å². The van der Waals surface area contributed by atoms with Crippen molar-refractivity contribution in [3.05, 3.63) is 16.1 Å². The second-order valence-corrected chi connectivity index (χ2v) is 5.15. The number of hydrogen-bond acceptors (Lipinski definition) is 4. The lowest BCUT2D eigenvalue weighted by atomic mass is 10.5. The first-order valence-corrected chi connectivity index (χ1v) is 6.34. The normalized spacial score (nSPS) is 12.7. The summed E-state index contributed by atoms with van der Waals surface area (Å²) in [6.45, 7) is 3.76. The van der Waals surface area contributed by atoms with Gasteiger partial charge in [-0.1, -0.05) is 6.92 Å². The van der Waals surface area contributed by atoms with E-state index in [9.17, 15) is 4.79 Å². The molecule has 0 bridgehead atoms. The number of aromatic nitrogens is 1. The van der Waals surface area contributed by atoms with E-state index >= 15 is 0 Å². The van der Waals surface area contributed by atoms with Crippen LogP contribution in [0.25, 0.3) is 0 Å². The molecule has 3 nitrogen and oxygen atoms in total. The van der Waals surface area contributed by atoms with Gasteiger partial charge in [-0.05, 0) is 13.3 Å². The van der Waals surface area contributed by atoms with Gasteiger partial charge in [-0.2, -0.15) is 0 Å². The molecule has 1 rings (SSSR count). The summed E-state index contributed by atoms with van der Waals surface area (Å²) in [6, 6.07) is 0. The highest BCUT2D eigenvalue weighted by atomic mass is 32.2. The first kappa shape index (κ1) is 11.5. The van der Waals surface area contributed by atoms with Crippen molar-refractivity contribution < 1.29 is 9.90 Å². The summed E-state index contributed by atoms with van der Waals surface area (Å²) in [5.74, 6) is -0.0785. The summed E-state index contributed by atoms with van der Waals surface area (Å²) in [6.07, 6.45) is 0.948. The molecule has 0 aliphatic heterocycles. The predicted octanol–water partition coefficient (Wildman–Crippen LogP) is 2.41. The number of carboxylic acid groups (broad SMARTS) is 1. The highest BCUT2D eigenvalue weighted by Crippen LogP contribution is 2.19. The Bertz CT molecular complexity index is 312. The van der Waals surface area contributed by atoms with Crippen molar-refractivity contribution in [3.63, 3.8) is 0 Å². The number of thiazole rings is 1. The average molecular weight is 231 g/mol. The van der Waals surface area contributed by atoms with Crippen LogP contribution < -0.4 is 0 Å². The van der Waals surface area contributed by atoms with Crippen LogP contribution in [-0.2, 0) is 17.0 Å². The fraction of sp³-hybridized carbons (Fsp3) is 0.556. The summed E-state index contributed by atoms with van der Waals surface area (Å²) in [5.41, 5.74) is 0.991. The van der Waals surface area contributed by atoms with Gasteiger partial charge in [0, 0.05) is 11.1 Å². The van der Waals surface area contributed by atoms with E-state index in [2.05, 4.69) is 11.9 Å². The molecule has 0 aromatic carbocycles. The van der Waals surface area contributed by atoms with Crippen molar-refractivity contribution in [3.8, 4) is 0 Å². The molecule has 14 heavy (non-hydrogen) atoms. The first-order chi connectivity index (χ1) is 6.63. The molecule has 1 heterocycles. The van der Waals surface area contributed by atoms with Gasteiger partial charge in [-0.3, -0.25) is 4.79 Å². The minimum atomic E-state index is -0.763. The molecule has 1 atom stereocenters. The smallest absolute Gasteiger partial charge is 0.316 e. The Morgan fingerprint density at radius 1 is 1.79 bits per heavy atom. The summed E-state index contributed by atoms with van der Waals surface area (Å²) < 4.78 is 0. The molecule has 78 valence electrons. The minimum absolute atomic E-state index is 0.359. The van der Waals surface area contributed by atoms with Crippen LogP contribution in [0.1, 0.15) is 24.5 Å². The zero-order valence-corrected chi connectivity index (χ0v) is 9.82. The standard InChI is InChI=1S/C9H13NO2S2/c1-3-8-10-7(5-14-8)4-13-6(2)9(11)12/h5-6H,3-4H2,1-2H3,(H,11,12). The monoisotopic (exact) mass is 231 g/mol. The maximum Gasteiger partial charge on any atom is 0.316 e. The van der Waals surface area contributed by atoms with Crippen molar-refractivity contribution in [2.45, 2.75) is 31.3 Å². The minimum Gasteiger partial charge on any atom is -0.480 e. The largest absolute Gasteiger partial charge is 0.480 e. The van der Waals surface area contributed by atoms with Crippen molar-refractivity contribution in [2.24, 2.45) is 0 Å². The molecule has 0 spiro atoms. The third-order valence-corrected chi connectivity index (χ3v) is 3.94. The van der Waals surface area contributed by atoms with E-state index in [1.807, 2.05) is 5.38 Å². The number of thioether (sulfide) groups is 1. The molecule has 0 fully saturated rings. The molecule has 0 saturated carbocycles. The van der Waals surface area contributed by atoms with E-state index in [0.29, 0.717) is 5.75 Å². The lowest BCUT2D eigenvalue weighted by molar-refractivity contribution is -0.136. The highest BCUT2D eigenvalue weighted by Gasteiger charge is 2.11. The van der Waals surface area contributed by atoms with Crippen molar-refractivity contribution in [2.75, 3.05) is 0 Å². The number of hydrogen-bond donors (Lipinski definition) is 1. The fourth-order valence-corrected chi connectivity index (χ4v) is 2.42. The van der Waals surface area contributed by atoms with Gasteiger partial charge >= 0.3 is 5.97 Å². The molecular weight excluding hydrogens is 218 g/mol. The van der Waals surface area contributed by atoms with Crippen LogP contribution in [0.5, 0.6) is 0 Å². The molecule has 0 radical (unpaired) electrons. The number of carboxylic acids is 1. The van der Waals surface area contributed by atoms with Crippen LogP contribution in [0.3, 0.4) is 0 Å². The molecule has 0 amide bonds. The Hall–Kier alpha value is -0.550. The third-order valence-electron chi connectivity index (χ3n) is 1.73. The molecule has 0 saturated heterocycles. The lowest BCUT2D eigenvalue weighted by Crippen LogP contribution is -2.11. The number of aryl methyl sites for hydroxylation is 1. The highest BCUT2D eigenvalue weighted by molar-refractivity contribution is 7.99. The molecule has 1 N–H and O–H groups in total. The SMILES string of the molecule is CCc1nc(CSC(C)C(=O)O)cs1. The van der Waals surface area contributed by atoms with Gasteiger partial charge in [0.1, 0.15) is 0 Å². The molecular formula is C9H13NO2S2. The Morgan fingerprint density at radius 2 is 2.50 bits per heavy atom. The Labute approximate surface area is 91.6 Å². The zero-order chi connectivity index (χ0) is 10.6. The second kappa shape index (κ2) is 5.36. The summed E-state index contributed by atoms with van der Waals surface area (Å²) in [7, 11) is 0. The van der Waals surface area contributed by atoms with Gasteiger partial charge in [0.05, 0.1) is 16.0 Å². The lowest BCUT2D eigenvalue weighted by Gasteiger charge is -2.02. The van der Waals surface area contributed by atoms with Gasteiger partial charge in [-0.25, -0.2) is 4.98 Å². The maximum absolute atomic E-state index is 10.5. The molecule has 1 unspecified atom stereocenters. The number of aliphatic carboxylic acids is 1. The topological polar surface area (TPSA) is 50.2 Å². The Kier molecular flexibility index (Phi) is 4.41. The van der Waals surface area contributed by atoms with Crippen molar-refractivity contribution in [1.82, 2.24) is 4.98 Å². The quantitative estimate of drug-likeness (QED) is 0.845. The van der Waals surface area contributed by atoms with E-state index in [4.69, 9.17) is 5.11 Å². The second-order valence-electron chi connectivity index (χ2n) is 2.88.